The van der Waals surface area contributed by atoms with Crippen LogP contribution in [0.1, 0.15) is 12.8 Å². The van der Waals surface area contributed by atoms with Crippen molar-refractivity contribution in [2.75, 3.05) is 39.0 Å². The molecule has 0 amide bonds. The van der Waals surface area contributed by atoms with E-state index in [9.17, 15) is 18.0 Å². The summed E-state index contributed by atoms with van der Waals surface area (Å²) in [6.45, 7) is 0.383. The zero-order valence-corrected chi connectivity index (χ0v) is 16.8. The van der Waals surface area contributed by atoms with Gasteiger partial charge < -0.3 is 19.1 Å². The molecule has 0 unspecified atom stereocenters. The van der Waals surface area contributed by atoms with Gasteiger partial charge in [0.2, 0.25) is 0 Å². The number of hydrogen-bond acceptors (Lipinski definition) is 9. The van der Waals surface area contributed by atoms with Crippen LogP contribution in [0.5, 0.6) is 0 Å². The van der Waals surface area contributed by atoms with Gasteiger partial charge >= 0.3 is 11.9 Å². The molecule has 0 spiro atoms. The molecular formula is C18H21N3O7S. The van der Waals surface area contributed by atoms with Crippen LogP contribution in [0.15, 0.2) is 45.4 Å². The molecule has 3 rings (SSSR count). The van der Waals surface area contributed by atoms with Gasteiger partial charge in [-0.15, -0.1) is 0 Å². The topological polar surface area (TPSA) is 124 Å². The largest absolute Gasteiger partial charge is 0.466 e. The lowest BCUT2D eigenvalue weighted by molar-refractivity contribution is -0.140. The first kappa shape index (κ1) is 20.8. The predicted octanol–water partition coefficient (Wildman–Crippen LogP) is 0.551. The van der Waals surface area contributed by atoms with Crippen LogP contribution in [0, 0.1) is 0 Å². The van der Waals surface area contributed by atoms with Gasteiger partial charge in [-0.05, 0) is 24.6 Å². The molecule has 1 aromatic carbocycles. The average molecular weight is 423 g/mol. The summed E-state index contributed by atoms with van der Waals surface area (Å²) < 4.78 is 42.8. The van der Waals surface area contributed by atoms with Gasteiger partial charge in [0.25, 0.3) is 10.0 Å². The number of aliphatic imine (C=N–C) groups is 1. The summed E-state index contributed by atoms with van der Waals surface area (Å²) in [4.78, 5) is 29.9. The highest BCUT2D eigenvalue weighted by Crippen LogP contribution is 2.28. The molecule has 2 heterocycles. The number of carbonyl (C=O) groups is 2. The molecule has 0 aromatic heterocycles. The van der Waals surface area contributed by atoms with E-state index in [1.165, 1.54) is 37.3 Å². The second kappa shape index (κ2) is 8.62. The lowest BCUT2D eigenvalue weighted by atomic mass is 10.1. The van der Waals surface area contributed by atoms with E-state index >= 15 is 0 Å². The fourth-order valence-corrected chi connectivity index (χ4v) is 4.13. The van der Waals surface area contributed by atoms with E-state index in [0.29, 0.717) is 24.5 Å². The van der Waals surface area contributed by atoms with Gasteiger partial charge in [-0.25, -0.2) is 18.0 Å². The molecule has 0 saturated heterocycles. The van der Waals surface area contributed by atoms with Crippen molar-refractivity contribution in [3.63, 3.8) is 0 Å². The van der Waals surface area contributed by atoms with E-state index in [4.69, 9.17) is 14.2 Å². The molecule has 29 heavy (non-hydrogen) atoms. The van der Waals surface area contributed by atoms with Crippen LogP contribution in [0.25, 0.3) is 0 Å². The van der Waals surface area contributed by atoms with Crippen molar-refractivity contribution in [1.29, 1.82) is 0 Å². The Balaban J connectivity index is 2.00. The van der Waals surface area contributed by atoms with Crippen LogP contribution < -0.4 is 9.62 Å². The first-order valence-corrected chi connectivity index (χ1v) is 10.3. The number of hydrogen-bond donors (Lipinski definition) is 1. The number of methoxy groups -OCH3 is 2. The van der Waals surface area contributed by atoms with Crippen LogP contribution in [0.4, 0.5) is 5.69 Å². The molecule has 2 aliphatic heterocycles. The molecule has 10 nitrogen and oxygen atoms in total. The van der Waals surface area contributed by atoms with E-state index in [2.05, 4.69) is 9.71 Å². The summed E-state index contributed by atoms with van der Waals surface area (Å²) in [7, 11) is -1.48. The molecular weight excluding hydrogens is 402 g/mol. The molecule has 0 atom stereocenters. The second-order valence-electron chi connectivity index (χ2n) is 6.25. The van der Waals surface area contributed by atoms with Gasteiger partial charge in [0, 0.05) is 18.7 Å². The molecule has 11 heteroatoms. The highest BCUT2D eigenvalue weighted by molar-refractivity contribution is 7.90. The van der Waals surface area contributed by atoms with Gasteiger partial charge in [-0.3, -0.25) is 9.71 Å². The number of anilines is 1. The third-order valence-electron chi connectivity index (χ3n) is 4.40. The second-order valence-corrected chi connectivity index (χ2v) is 7.93. The maximum absolute atomic E-state index is 12.7. The Morgan fingerprint density at radius 3 is 2.62 bits per heavy atom. The van der Waals surface area contributed by atoms with Crippen molar-refractivity contribution in [3.8, 4) is 0 Å². The van der Waals surface area contributed by atoms with Crippen molar-refractivity contribution in [3.05, 3.63) is 35.5 Å². The molecule has 0 aliphatic carbocycles. The van der Waals surface area contributed by atoms with Crippen molar-refractivity contribution >= 4 is 33.5 Å². The average Bonchev–Trinajstić information content (AvgIpc) is 3.24. The minimum Gasteiger partial charge on any atom is -0.466 e. The Morgan fingerprint density at radius 2 is 1.97 bits per heavy atom. The molecule has 0 fully saturated rings. The maximum atomic E-state index is 12.7. The minimum atomic E-state index is -3.85. The van der Waals surface area contributed by atoms with Crippen LogP contribution in [0.3, 0.4) is 0 Å². The Labute approximate surface area is 168 Å². The number of nitrogens with zero attached hydrogens (tertiary/aromatic N) is 2. The van der Waals surface area contributed by atoms with E-state index in [1.54, 1.807) is 6.07 Å². The Bertz CT molecular complexity index is 985. The molecule has 1 N–H and O–H groups in total. The zero-order chi connectivity index (χ0) is 21.0. The van der Waals surface area contributed by atoms with Crippen molar-refractivity contribution in [2.24, 2.45) is 4.99 Å². The summed E-state index contributed by atoms with van der Waals surface area (Å²) in [5, 5.41) is 0. The van der Waals surface area contributed by atoms with Gasteiger partial charge in [-0.2, -0.15) is 0 Å². The Morgan fingerprint density at radius 1 is 1.21 bits per heavy atom. The standard InChI is InChI=1S/C18H21N3O7S/c1-26-17(22)14-10-28-11-21(16(14)18(23)27-2)12-5-3-6-13(9-12)29(24,25)20-15-7-4-8-19-15/h3,5-6,9H,4,7-8,10-11H2,1-2H3,(H,19,20). The number of amidine groups is 1. The monoisotopic (exact) mass is 423 g/mol. The van der Waals surface area contributed by atoms with Crippen molar-refractivity contribution in [2.45, 2.75) is 17.7 Å². The number of rotatable bonds is 5. The molecule has 1 aromatic rings. The third kappa shape index (κ3) is 4.40. The van der Waals surface area contributed by atoms with E-state index < -0.39 is 22.0 Å². The highest BCUT2D eigenvalue weighted by Gasteiger charge is 2.33. The summed E-state index contributed by atoms with van der Waals surface area (Å²) in [6, 6.07) is 5.93. The molecule has 0 saturated carbocycles. The van der Waals surface area contributed by atoms with Gasteiger partial charge in [0.1, 0.15) is 18.3 Å². The lowest BCUT2D eigenvalue weighted by Crippen LogP contribution is -2.39. The van der Waals surface area contributed by atoms with Gasteiger partial charge in [-0.1, -0.05) is 6.07 Å². The first-order valence-electron chi connectivity index (χ1n) is 8.78. The molecule has 0 radical (unpaired) electrons. The van der Waals surface area contributed by atoms with Gasteiger partial charge in [0.05, 0.1) is 31.3 Å². The smallest absolute Gasteiger partial charge is 0.355 e. The molecule has 0 bridgehead atoms. The number of sulfonamides is 1. The fourth-order valence-electron chi connectivity index (χ4n) is 3.00. The first-order chi connectivity index (χ1) is 13.9. The minimum absolute atomic E-state index is 0.0148. The van der Waals surface area contributed by atoms with E-state index in [1.807, 2.05) is 0 Å². The Kier molecular flexibility index (Phi) is 6.18. The fraction of sp³-hybridized carbons (Fsp3) is 0.389. The highest BCUT2D eigenvalue weighted by atomic mass is 32.2. The van der Waals surface area contributed by atoms with E-state index in [0.717, 1.165) is 6.42 Å². The van der Waals surface area contributed by atoms with E-state index in [-0.39, 0.29) is 29.5 Å². The number of ether oxygens (including phenoxy) is 3. The number of esters is 2. The van der Waals surface area contributed by atoms with Crippen LogP contribution in [-0.4, -0.2) is 60.3 Å². The number of benzene rings is 1. The van der Waals surface area contributed by atoms with Crippen LogP contribution in [0.2, 0.25) is 0 Å². The summed E-state index contributed by atoms with van der Waals surface area (Å²) in [5.41, 5.74) is 0.258. The number of nitrogens with one attached hydrogen (secondary N) is 1. The van der Waals surface area contributed by atoms with Crippen LogP contribution in [-0.2, 0) is 33.8 Å². The summed E-state index contributed by atoms with van der Waals surface area (Å²) in [5.74, 6) is -1.08. The third-order valence-corrected chi connectivity index (χ3v) is 5.78. The zero-order valence-electron chi connectivity index (χ0n) is 16.0. The predicted molar refractivity (Wildman–Crippen MR) is 103 cm³/mol. The summed E-state index contributed by atoms with van der Waals surface area (Å²) in [6.07, 6.45) is 1.36. The van der Waals surface area contributed by atoms with Crippen molar-refractivity contribution in [1.82, 2.24) is 4.72 Å². The van der Waals surface area contributed by atoms with Crippen LogP contribution >= 0.6 is 0 Å². The van der Waals surface area contributed by atoms with Gasteiger partial charge in [0.15, 0.2) is 0 Å². The summed E-state index contributed by atoms with van der Waals surface area (Å²) >= 11 is 0. The molecule has 2 aliphatic rings. The SMILES string of the molecule is COC(=O)C1=C(C(=O)OC)N(c2cccc(S(=O)(=O)NC3=NCCC3)c2)COC1. The Hall–Kier alpha value is -2.92. The van der Waals surface area contributed by atoms with Crippen molar-refractivity contribution < 1.29 is 32.2 Å². The maximum Gasteiger partial charge on any atom is 0.355 e. The number of carbonyl (C=O) groups excluding carboxylic acids is 2. The lowest BCUT2D eigenvalue weighted by Gasteiger charge is -2.31. The normalized spacial score (nSPS) is 17.0. The molecule has 156 valence electrons. The quantitative estimate of drug-likeness (QED) is 0.681.